The van der Waals surface area contributed by atoms with E-state index in [9.17, 15) is 26.8 Å². The molecule has 1 amide bonds. The van der Waals surface area contributed by atoms with Gasteiger partial charge >= 0.3 is 11.7 Å². The van der Waals surface area contributed by atoms with Gasteiger partial charge in [0.25, 0.3) is 5.91 Å². The first-order chi connectivity index (χ1) is 11.1. The van der Waals surface area contributed by atoms with Crippen molar-refractivity contribution in [1.29, 1.82) is 0 Å². The summed E-state index contributed by atoms with van der Waals surface area (Å²) in [5.74, 6) is -4.65. The van der Waals surface area contributed by atoms with Gasteiger partial charge in [-0.05, 0) is 37.1 Å². The first-order valence-electron chi connectivity index (χ1n) is 7.14. The lowest BCUT2D eigenvalue weighted by atomic mass is 10.1. The summed E-state index contributed by atoms with van der Waals surface area (Å²) in [4.78, 5) is 22.8. The number of carbonyl (C=O) groups is 2. The second kappa shape index (κ2) is 8.18. The van der Waals surface area contributed by atoms with E-state index in [1.165, 1.54) is 0 Å². The van der Waals surface area contributed by atoms with Crippen LogP contribution in [0.1, 0.15) is 31.1 Å². The Morgan fingerprint density at radius 2 is 1.67 bits per heavy atom. The van der Waals surface area contributed by atoms with Crippen LogP contribution in [0, 0.1) is 5.92 Å². The lowest BCUT2D eigenvalue weighted by molar-refractivity contribution is -0.125. The van der Waals surface area contributed by atoms with Crippen LogP contribution in [0.4, 0.5) is 8.78 Å². The van der Waals surface area contributed by atoms with Gasteiger partial charge in [-0.15, -0.1) is 0 Å². The van der Waals surface area contributed by atoms with Gasteiger partial charge in [0.15, 0.2) is 6.61 Å². The van der Waals surface area contributed by atoms with Gasteiger partial charge in [0, 0.05) is 6.04 Å². The van der Waals surface area contributed by atoms with Gasteiger partial charge in [0.1, 0.15) is 0 Å². The van der Waals surface area contributed by atoms with Crippen LogP contribution in [0.3, 0.4) is 0 Å². The fraction of sp³-hybridized carbons (Fsp3) is 0.467. The Morgan fingerprint density at radius 1 is 1.12 bits per heavy atom. The Bertz CT molecular complexity index is 686. The molecule has 0 fully saturated rings. The molecule has 0 spiro atoms. The molecule has 9 heteroatoms. The molecule has 134 valence electrons. The second-order valence-electron chi connectivity index (χ2n) is 5.51. The largest absolute Gasteiger partial charge is 0.452 e. The van der Waals surface area contributed by atoms with Crippen LogP contribution in [0.5, 0.6) is 0 Å². The summed E-state index contributed by atoms with van der Waals surface area (Å²) in [5.41, 5.74) is -0.0482. The van der Waals surface area contributed by atoms with Crippen LogP contribution < -0.4 is 5.32 Å². The van der Waals surface area contributed by atoms with Crippen molar-refractivity contribution >= 4 is 21.7 Å². The maximum Gasteiger partial charge on any atom is 0.341 e. The van der Waals surface area contributed by atoms with Crippen molar-refractivity contribution in [2.24, 2.45) is 5.92 Å². The van der Waals surface area contributed by atoms with Gasteiger partial charge in [-0.3, -0.25) is 4.79 Å². The van der Waals surface area contributed by atoms with E-state index in [0.717, 1.165) is 24.3 Å². The van der Waals surface area contributed by atoms with Gasteiger partial charge in [-0.2, -0.15) is 8.78 Å². The highest BCUT2D eigenvalue weighted by Gasteiger charge is 2.26. The average molecular weight is 363 g/mol. The smallest absolute Gasteiger partial charge is 0.341 e. The maximum absolute atomic E-state index is 12.4. The van der Waals surface area contributed by atoms with Gasteiger partial charge in [0.2, 0.25) is 9.84 Å². The van der Waals surface area contributed by atoms with Crippen LogP contribution in [0.2, 0.25) is 0 Å². The van der Waals surface area contributed by atoms with E-state index in [0.29, 0.717) is 0 Å². The first kappa shape index (κ1) is 20.0. The molecule has 0 aliphatic heterocycles. The molecule has 0 heterocycles. The lowest BCUT2D eigenvalue weighted by Crippen LogP contribution is -2.38. The van der Waals surface area contributed by atoms with Crippen LogP contribution in [0.15, 0.2) is 29.2 Å². The molecule has 0 aliphatic carbocycles. The molecule has 1 N–H and O–H groups in total. The third-order valence-electron chi connectivity index (χ3n) is 3.38. The molecule has 1 aromatic carbocycles. The zero-order valence-corrected chi connectivity index (χ0v) is 14.3. The zero-order valence-electron chi connectivity index (χ0n) is 13.5. The summed E-state index contributed by atoms with van der Waals surface area (Å²) in [6, 6.07) is 3.78. The normalized spacial score (nSPS) is 13.0. The minimum absolute atomic E-state index is 0.0482. The highest BCUT2D eigenvalue weighted by atomic mass is 32.2. The van der Waals surface area contributed by atoms with Crippen molar-refractivity contribution in [3.8, 4) is 0 Å². The van der Waals surface area contributed by atoms with E-state index < -0.39 is 39.0 Å². The third kappa shape index (κ3) is 5.26. The molecule has 6 nitrogen and oxygen atoms in total. The molecule has 0 saturated heterocycles. The van der Waals surface area contributed by atoms with Crippen molar-refractivity contribution in [2.75, 3.05) is 6.61 Å². The fourth-order valence-electron chi connectivity index (χ4n) is 1.56. The molecule has 1 aromatic rings. The van der Waals surface area contributed by atoms with Crippen LogP contribution >= 0.6 is 0 Å². The number of ether oxygens (including phenoxy) is 1. The predicted octanol–water partition coefficient (Wildman–Crippen LogP) is 2.00. The van der Waals surface area contributed by atoms with E-state index in [4.69, 9.17) is 4.74 Å². The SMILES string of the molecule is CC(C)C(C)NC(=O)COC(=O)c1ccc(S(=O)(=O)C(F)F)cc1. The van der Waals surface area contributed by atoms with Crippen molar-refractivity contribution < 1.29 is 31.5 Å². The Balaban J connectivity index is 2.65. The molecular weight excluding hydrogens is 344 g/mol. The molecule has 0 radical (unpaired) electrons. The number of esters is 1. The van der Waals surface area contributed by atoms with Crippen molar-refractivity contribution in [3.05, 3.63) is 29.8 Å². The van der Waals surface area contributed by atoms with E-state index in [1.54, 1.807) is 0 Å². The molecule has 24 heavy (non-hydrogen) atoms. The molecule has 0 saturated carbocycles. The molecule has 0 aliphatic rings. The molecule has 1 unspecified atom stereocenters. The fourth-order valence-corrected chi connectivity index (χ4v) is 2.28. The molecule has 0 aromatic heterocycles. The third-order valence-corrected chi connectivity index (χ3v) is 4.77. The van der Waals surface area contributed by atoms with Gasteiger partial charge < -0.3 is 10.1 Å². The number of carbonyl (C=O) groups excluding carboxylic acids is 2. The number of hydrogen-bond donors (Lipinski definition) is 1. The first-order valence-corrected chi connectivity index (χ1v) is 8.69. The van der Waals surface area contributed by atoms with E-state index in [-0.39, 0.29) is 17.5 Å². The van der Waals surface area contributed by atoms with Gasteiger partial charge in [-0.25, -0.2) is 13.2 Å². The summed E-state index contributed by atoms with van der Waals surface area (Å²) in [6.45, 7) is 5.16. The lowest BCUT2D eigenvalue weighted by Gasteiger charge is -2.17. The number of hydrogen-bond acceptors (Lipinski definition) is 5. The summed E-state index contributed by atoms with van der Waals surface area (Å²) >= 11 is 0. The van der Waals surface area contributed by atoms with Crippen molar-refractivity contribution in [1.82, 2.24) is 5.32 Å². The van der Waals surface area contributed by atoms with E-state index in [1.807, 2.05) is 20.8 Å². The summed E-state index contributed by atoms with van der Waals surface area (Å²) in [5, 5.41) is 2.65. The van der Waals surface area contributed by atoms with Crippen molar-refractivity contribution in [2.45, 2.75) is 37.5 Å². The number of sulfone groups is 1. The van der Waals surface area contributed by atoms with Crippen LogP contribution in [-0.2, 0) is 19.4 Å². The topological polar surface area (TPSA) is 89.5 Å². The van der Waals surface area contributed by atoms with Crippen molar-refractivity contribution in [3.63, 3.8) is 0 Å². The molecule has 1 atom stereocenters. The second-order valence-corrected chi connectivity index (χ2v) is 7.42. The number of benzene rings is 1. The van der Waals surface area contributed by atoms with Gasteiger partial charge in [-0.1, -0.05) is 13.8 Å². The molecule has 1 rings (SSSR count). The minimum atomic E-state index is -4.72. The number of nitrogens with one attached hydrogen (secondary N) is 1. The standard InChI is InChI=1S/C15H19F2NO5S/c1-9(2)10(3)18-13(19)8-23-14(20)11-4-6-12(7-5-11)24(21,22)15(16)17/h4-7,9-10,15H,8H2,1-3H3,(H,18,19). The quantitative estimate of drug-likeness (QED) is 0.749. The summed E-state index contributed by atoms with van der Waals surface area (Å²) < 4.78 is 52.1. The highest BCUT2D eigenvalue weighted by Crippen LogP contribution is 2.18. The highest BCUT2D eigenvalue weighted by molar-refractivity contribution is 7.91. The van der Waals surface area contributed by atoms with E-state index >= 15 is 0 Å². The number of alkyl halides is 2. The molecular formula is C15H19F2NO5S. The summed E-state index contributed by atoms with van der Waals surface area (Å²) in [6.07, 6.45) is 0. The van der Waals surface area contributed by atoms with E-state index in [2.05, 4.69) is 5.32 Å². The Labute approximate surface area is 139 Å². The zero-order chi connectivity index (χ0) is 18.5. The minimum Gasteiger partial charge on any atom is -0.452 e. The van der Waals surface area contributed by atoms with Crippen LogP contribution in [0.25, 0.3) is 0 Å². The van der Waals surface area contributed by atoms with Gasteiger partial charge in [0.05, 0.1) is 10.5 Å². The molecule has 0 bridgehead atoms. The summed E-state index contributed by atoms with van der Waals surface area (Å²) in [7, 11) is -4.72. The Morgan fingerprint density at radius 3 is 2.12 bits per heavy atom. The maximum atomic E-state index is 12.4. The number of rotatable bonds is 7. The number of halogens is 2. The van der Waals surface area contributed by atoms with Crippen LogP contribution in [-0.4, -0.2) is 38.7 Å². The monoisotopic (exact) mass is 363 g/mol. The Kier molecular flexibility index (Phi) is 6.82. The average Bonchev–Trinajstić information content (AvgIpc) is 2.52. The Hall–Kier alpha value is -2.03. The predicted molar refractivity (Wildman–Crippen MR) is 82.4 cm³/mol. The number of amides is 1.